The van der Waals surface area contributed by atoms with Crippen LogP contribution in [0.3, 0.4) is 0 Å². The second-order valence-electron chi connectivity index (χ2n) is 8.10. The number of hydrogen-bond donors (Lipinski definition) is 0. The van der Waals surface area contributed by atoms with Gasteiger partial charge in [-0.25, -0.2) is 0 Å². The van der Waals surface area contributed by atoms with E-state index in [0.29, 0.717) is 11.8 Å². The van der Waals surface area contributed by atoms with Gasteiger partial charge in [0.15, 0.2) is 0 Å². The molecule has 0 spiro atoms. The monoisotopic (exact) mass is 358 g/mol. The van der Waals surface area contributed by atoms with Crippen LogP contribution in [0.15, 0.2) is 84.9 Å². The molecule has 0 bridgehead atoms. The molecular formula is C24H23OP. The fourth-order valence-electron chi connectivity index (χ4n) is 5.52. The molecule has 26 heavy (non-hydrogen) atoms. The number of rotatable bonds is 2. The van der Waals surface area contributed by atoms with Gasteiger partial charge in [-0.1, -0.05) is 91.9 Å². The second kappa shape index (κ2) is 5.69. The largest absolute Gasteiger partial charge is 0.319 e. The second-order valence-corrected chi connectivity index (χ2v) is 11.1. The van der Waals surface area contributed by atoms with Crippen molar-refractivity contribution in [2.45, 2.75) is 18.8 Å². The molecule has 1 fully saturated rings. The molecule has 2 heteroatoms. The fraction of sp³-hybridized carbons (Fsp3) is 0.250. The Morgan fingerprint density at radius 2 is 1.38 bits per heavy atom. The summed E-state index contributed by atoms with van der Waals surface area (Å²) in [4.78, 5) is 0. The molecule has 1 nitrogen and oxygen atoms in total. The van der Waals surface area contributed by atoms with Gasteiger partial charge in [0.1, 0.15) is 7.14 Å². The molecule has 1 aliphatic heterocycles. The van der Waals surface area contributed by atoms with Gasteiger partial charge in [-0.3, -0.25) is 0 Å². The van der Waals surface area contributed by atoms with E-state index in [1.54, 1.807) is 0 Å². The first kappa shape index (κ1) is 16.1. The van der Waals surface area contributed by atoms with Gasteiger partial charge in [0, 0.05) is 23.5 Å². The van der Waals surface area contributed by atoms with E-state index in [2.05, 4.69) is 73.7 Å². The van der Waals surface area contributed by atoms with Crippen LogP contribution in [0.2, 0.25) is 0 Å². The van der Waals surface area contributed by atoms with Crippen LogP contribution in [0.5, 0.6) is 0 Å². The van der Waals surface area contributed by atoms with Crippen LogP contribution in [-0.2, 0) is 4.57 Å². The lowest BCUT2D eigenvalue weighted by Gasteiger charge is -2.32. The lowest BCUT2D eigenvalue weighted by molar-refractivity contribution is 0.318. The quantitative estimate of drug-likeness (QED) is 0.543. The van der Waals surface area contributed by atoms with Gasteiger partial charge in [0.25, 0.3) is 0 Å². The molecule has 2 aliphatic rings. The Kier molecular flexibility index (Phi) is 3.52. The average molecular weight is 358 g/mol. The lowest BCUT2D eigenvalue weighted by atomic mass is 9.71. The first-order valence-electron chi connectivity index (χ1n) is 9.39. The van der Waals surface area contributed by atoms with Crippen molar-refractivity contribution in [2.24, 2.45) is 5.41 Å². The zero-order chi connectivity index (χ0) is 17.8. The average Bonchev–Trinajstić information content (AvgIpc) is 3.08. The standard InChI is InChI=1S/C24H23OP/c1-24-17-26(25,19-12-6-3-7-13-19)16-22(24)20-14-8-9-15-21(20)23(24)18-10-4-2-5-11-18/h2-15,22-23H,16-17H2,1H3. The van der Waals surface area contributed by atoms with Gasteiger partial charge < -0.3 is 4.57 Å². The van der Waals surface area contributed by atoms with Gasteiger partial charge in [0.2, 0.25) is 0 Å². The maximum atomic E-state index is 14.0. The van der Waals surface area contributed by atoms with Crippen LogP contribution in [-0.4, -0.2) is 12.3 Å². The van der Waals surface area contributed by atoms with E-state index < -0.39 is 7.14 Å². The highest BCUT2D eigenvalue weighted by molar-refractivity contribution is 7.72. The van der Waals surface area contributed by atoms with Gasteiger partial charge in [-0.15, -0.1) is 0 Å². The summed E-state index contributed by atoms with van der Waals surface area (Å²) in [5, 5.41) is 1.06. The number of fused-ring (bicyclic) bond motifs is 3. The van der Waals surface area contributed by atoms with Crippen LogP contribution in [0.25, 0.3) is 0 Å². The number of hydrogen-bond acceptors (Lipinski definition) is 1. The Hall–Kier alpha value is -2.11. The normalized spacial score (nSPS) is 32.2. The molecule has 1 aliphatic carbocycles. The van der Waals surface area contributed by atoms with E-state index in [0.717, 1.165) is 17.6 Å². The zero-order valence-electron chi connectivity index (χ0n) is 15.0. The molecule has 0 N–H and O–H groups in total. The summed E-state index contributed by atoms with van der Waals surface area (Å²) in [7, 11) is -2.38. The summed E-state index contributed by atoms with van der Waals surface area (Å²) in [5.74, 6) is 0.694. The molecular weight excluding hydrogens is 335 g/mol. The number of benzene rings is 3. The topological polar surface area (TPSA) is 17.1 Å². The van der Waals surface area contributed by atoms with Crippen LogP contribution in [0.1, 0.15) is 35.4 Å². The Bertz CT molecular complexity index is 995. The molecule has 0 aromatic heterocycles. The molecule has 1 saturated heterocycles. The van der Waals surface area contributed by atoms with Crippen molar-refractivity contribution in [1.82, 2.24) is 0 Å². The summed E-state index contributed by atoms with van der Waals surface area (Å²) < 4.78 is 14.0. The molecule has 4 unspecified atom stereocenters. The van der Waals surface area contributed by atoms with Crippen LogP contribution in [0, 0.1) is 5.41 Å². The van der Waals surface area contributed by atoms with Crippen LogP contribution >= 0.6 is 7.14 Å². The summed E-state index contributed by atoms with van der Waals surface area (Å²) >= 11 is 0. The molecule has 3 aromatic rings. The molecule has 5 rings (SSSR count). The molecule has 0 saturated carbocycles. The molecule has 0 amide bonds. The third-order valence-electron chi connectivity index (χ3n) is 6.57. The fourth-order valence-corrected chi connectivity index (χ4v) is 9.47. The van der Waals surface area contributed by atoms with Gasteiger partial charge in [-0.05, 0) is 28.0 Å². The van der Waals surface area contributed by atoms with Crippen molar-refractivity contribution in [3.8, 4) is 0 Å². The summed E-state index contributed by atoms with van der Waals surface area (Å²) in [6, 6.07) is 29.8. The summed E-state index contributed by atoms with van der Waals surface area (Å²) in [6.45, 7) is 2.37. The maximum absolute atomic E-state index is 14.0. The molecule has 0 radical (unpaired) electrons. The third kappa shape index (κ3) is 2.20. The zero-order valence-corrected chi connectivity index (χ0v) is 15.9. The van der Waals surface area contributed by atoms with Crippen molar-refractivity contribution < 1.29 is 4.57 Å². The molecule has 130 valence electrons. The predicted octanol–water partition coefficient (Wildman–Crippen LogP) is 5.62. The van der Waals surface area contributed by atoms with Gasteiger partial charge >= 0.3 is 0 Å². The van der Waals surface area contributed by atoms with Gasteiger partial charge in [-0.2, -0.15) is 0 Å². The van der Waals surface area contributed by atoms with Crippen molar-refractivity contribution in [3.05, 3.63) is 102 Å². The Morgan fingerprint density at radius 3 is 2.08 bits per heavy atom. The maximum Gasteiger partial charge on any atom is 0.116 e. The Balaban J connectivity index is 1.68. The van der Waals surface area contributed by atoms with Crippen molar-refractivity contribution in [1.29, 1.82) is 0 Å². The van der Waals surface area contributed by atoms with E-state index in [9.17, 15) is 4.57 Å². The first-order chi connectivity index (χ1) is 12.6. The van der Waals surface area contributed by atoms with E-state index in [1.807, 2.05) is 18.2 Å². The van der Waals surface area contributed by atoms with Crippen molar-refractivity contribution in [3.63, 3.8) is 0 Å². The highest BCUT2D eigenvalue weighted by Gasteiger charge is 2.59. The lowest BCUT2D eigenvalue weighted by Crippen LogP contribution is -2.26. The minimum absolute atomic E-state index is 0.0103. The van der Waals surface area contributed by atoms with Crippen molar-refractivity contribution >= 4 is 12.4 Å². The first-order valence-corrected chi connectivity index (χ1v) is 11.5. The smallest absolute Gasteiger partial charge is 0.116 e. The molecule has 3 aromatic carbocycles. The summed E-state index contributed by atoms with van der Waals surface area (Å²) in [5.41, 5.74) is 4.21. The van der Waals surface area contributed by atoms with E-state index in [4.69, 9.17) is 0 Å². The predicted molar refractivity (Wildman–Crippen MR) is 109 cm³/mol. The summed E-state index contributed by atoms with van der Waals surface area (Å²) in [6.07, 6.45) is 1.59. The minimum atomic E-state index is -2.38. The van der Waals surface area contributed by atoms with Crippen molar-refractivity contribution in [2.75, 3.05) is 12.3 Å². The van der Waals surface area contributed by atoms with Crippen LogP contribution in [0.4, 0.5) is 0 Å². The van der Waals surface area contributed by atoms with E-state index in [-0.39, 0.29) is 5.41 Å². The van der Waals surface area contributed by atoms with E-state index >= 15 is 0 Å². The molecule has 1 heterocycles. The Labute approximate surface area is 155 Å². The molecule has 4 atom stereocenters. The van der Waals surface area contributed by atoms with Crippen LogP contribution < -0.4 is 5.30 Å². The highest BCUT2D eigenvalue weighted by Crippen LogP contribution is 2.72. The third-order valence-corrected chi connectivity index (χ3v) is 9.96. The highest BCUT2D eigenvalue weighted by atomic mass is 31.2. The SMILES string of the molecule is CC12CP(=O)(c3ccccc3)CC1c1ccccc1C2c1ccccc1. The van der Waals surface area contributed by atoms with Gasteiger partial charge in [0.05, 0.1) is 0 Å². The van der Waals surface area contributed by atoms with E-state index in [1.165, 1.54) is 16.7 Å². The minimum Gasteiger partial charge on any atom is -0.319 e. The Morgan fingerprint density at radius 1 is 0.808 bits per heavy atom.